The highest BCUT2D eigenvalue weighted by Crippen LogP contribution is 2.06. The second-order valence-electron chi connectivity index (χ2n) is 3.84. The molecule has 0 aliphatic carbocycles. The van der Waals surface area contributed by atoms with Crippen LogP contribution >= 0.6 is 0 Å². The van der Waals surface area contributed by atoms with Gasteiger partial charge in [-0.25, -0.2) is 4.79 Å². The average Bonchev–Trinajstić information content (AvgIpc) is 2.28. The van der Waals surface area contributed by atoms with Crippen LogP contribution in [-0.4, -0.2) is 25.8 Å². The smallest absolute Gasteiger partial charge is 0.338 e. The van der Waals surface area contributed by atoms with Crippen molar-refractivity contribution in [3.05, 3.63) is 35.4 Å². The maximum absolute atomic E-state index is 11.6. The molecule has 0 heterocycles. The largest absolute Gasteiger partial charge is 0.462 e. The molecule has 0 spiro atoms. The molecule has 88 valence electrons. The van der Waals surface area contributed by atoms with E-state index >= 15 is 0 Å². The summed E-state index contributed by atoms with van der Waals surface area (Å²) in [6, 6.07) is 7.38. The summed E-state index contributed by atoms with van der Waals surface area (Å²) in [6.07, 6.45) is 0.832. The van der Waals surface area contributed by atoms with E-state index in [1.807, 2.05) is 32.0 Å². The van der Waals surface area contributed by atoms with Gasteiger partial charge < -0.3 is 9.47 Å². The van der Waals surface area contributed by atoms with Crippen molar-refractivity contribution in [2.75, 3.05) is 13.7 Å². The van der Waals surface area contributed by atoms with Crippen LogP contribution < -0.4 is 0 Å². The molecule has 1 aromatic rings. The molecule has 0 fully saturated rings. The van der Waals surface area contributed by atoms with Crippen molar-refractivity contribution < 1.29 is 14.3 Å². The Bertz CT molecular complexity index is 347. The quantitative estimate of drug-likeness (QED) is 0.718. The van der Waals surface area contributed by atoms with Gasteiger partial charge in [0.05, 0.1) is 18.3 Å². The molecule has 0 saturated carbocycles. The van der Waals surface area contributed by atoms with Crippen LogP contribution in [0.2, 0.25) is 0 Å². The lowest BCUT2D eigenvalue weighted by Gasteiger charge is -2.09. The number of esters is 1. The fourth-order valence-electron chi connectivity index (χ4n) is 1.29. The van der Waals surface area contributed by atoms with E-state index in [4.69, 9.17) is 9.47 Å². The maximum atomic E-state index is 11.6. The summed E-state index contributed by atoms with van der Waals surface area (Å²) in [5.74, 6) is -0.271. The highest BCUT2D eigenvalue weighted by atomic mass is 16.5. The average molecular weight is 222 g/mol. The van der Waals surface area contributed by atoms with Gasteiger partial charge in [0.1, 0.15) is 0 Å². The first-order chi connectivity index (χ1) is 7.63. The van der Waals surface area contributed by atoms with Gasteiger partial charge in [-0.05, 0) is 26.0 Å². The number of hydrogen-bond acceptors (Lipinski definition) is 3. The van der Waals surface area contributed by atoms with Crippen LogP contribution in [0, 0.1) is 6.92 Å². The van der Waals surface area contributed by atoms with Gasteiger partial charge >= 0.3 is 5.97 Å². The summed E-state index contributed by atoms with van der Waals surface area (Å²) in [5, 5.41) is 0. The van der Waals surface area contributed by atoms with Crippen LogP contribution in [0.3, 0.4) is 0 Å². The first kappa shape index (κ1) is 12.7. The zero-order valence-corrected chi connectivity index (χ0v) is 10.0. The van der Waals surface area contributed by atoms with E-state index in [0.717, 1.165) is 5.56 Å². The summed E-state index contributed by atoms with van der Waals surface area (Å²) < 4.78 is 10.2. The summed E-state index contributed by atoms with van der Waals surface area (Å²) in [5.41, 5.74) is 1.66. The van der Waals surface area contributed by atoms with Gasteiger partial charge in [0.2, 0.25) is 0 Å². The van der Waals surface area contributed by atoms with Crippen LogP contribution in [0.25, 0.3) is 0 Å². The standard InChI is InChI=1S/C13H18O3/c1-10-5-4-6-12(9-10)13(14)16-8-7-11(2)15-3/h4-6,9,11H,7-8H2,1-3H3/t11-/m0/s1. The summed E-state index contributed by atoms with van der Waals surface area (Å²) in [6.45, 7) is 4.28. The highest BCUT2D eigenvalue weighted by molar-refractivity contribution is 5.89. The van der Waals surface area contributed by atoms with Gasteiger partial charge in [0.15, 0.2) is 0 Å². The van der Waals surface area contributed by atoms with E-state index in [1.165, 1.54) is 0 Å². The minimum Gasteiger partial charge on any atom is -0.462 e. The third-order valence-electron chi connectivity index (χ3n) is 2.41. The van der Waals surface area contributed by atoms with Gasteiger partial charge in [0.25, 0.3) is 0 Å². The third-order valence-corrected chi connectivity index (χ3v) is 2.41. The fourth-order valence-corrected chi connectivity index (χ4v) is 1.29. The monoisotopic (exact) mass is 222 g/mol. The molecule has 0 unspecified atom stereocenters. The molecule has 0 amide bonds. The van der Waals surface area contributed by atoms with E-state index < -0.39 is 0 Å². The number of carbonyl (C=O) groups excluding carboxylic acids is 1. The maximum Gasteiger partial charge on any atom is 0.338 e. The van der Waals surface area contributed by atoms with Crippen molar-refractivity contribution in [2.45, 2.75) is 26.4 Å². The highest BCUT2D eigenvalue weighted by Gasteiger charge is 2.07. The first-order valence-electron chi connectivity index (χ1n) is 5.40. The van der Waals surface area contributed by atoms with E-state index in [9.17, 15) is 4.79 Å². The lowest BCUT2D eigenvalue weighted by molar-refractivity contribution is 0.0391. The lowest BCUT2D eigenvalue weighted by Crippen LogP contribution is -2.12. The van der Waals surface area contributed by atoms with Gasteiger partial charge in [0, 0.05) is 13.5 Å². The molecule has 0 saturated heterocycles. The van der Waals surface area contributed by atoms with Crippen LogP contribution in [0.4, 0.5) is 0 Å². The van der Waals surface area contributed by atoms with Crippen molar-refractivity contribution in [3.63, 3.8) is 0 Å². The van der Waals surface area contributed by atoms with Crippen LogP contribution in [0.5, 0.6) is 0 Å². The summed E-state index contributed by atoms with van der Waals surface area (Å²) >= 11 is 0. The molecular formula is C13H18O3. The third kappa shape index (κ3) is 4.03. The van der Waals surface area contributed by atoms with E-state index in [-0.39, 0.29) is 12.1 Å². The number of aryl methyl sites for hydroxylation is 1. The lowest BCUT2D eigenvalue weighted by atomic mass is 10.1. The predicted octanol–water partition coefficient (Wildman–Crippen LogP) is 2.58. The topological polar surface area (TPSA) is 35.5 Å². The Morgan fingerprint density at radius 2 is 2.19 bits per heavy atom. The Morgan fingerprint density at radius 3 is 2.81 bits per heavy atom. The molecule has 3 nitrogen and oxygen atoms in total. The van der Waals surface area contributed by atoms with Gasteiger partial charge in [-0.2, -0.15) is 0 Å². The molecule has 0 bridgehead atoms. The molecule has 1 atom stereocenters. The second kappa shape index (κ2) is 6.28. The van der Waals surface area contributed by atoms with Crippen molar-refractivity contribution in [1.82, 2.24) is 0 Å². The summed E-state index contributed by atoms with van der Waals surface area (Å²) in [4.78, 5) is 11.6. The van der Waals surface area contributed by atoms with Crippen molar-refractivity contribution in [2.24, 2.45) is 0 Å². The number of hydrogen-bond donors (Lipinski definition) is 0. The minimum atomic E-state index is -0.271. The molecule has 16 heavy (non-hydrogen) atoms. The zero-order chi connectivity index (χ0) is 12.0. The van der Waals surface area contributed by atoms with Gasteiger partial charge in [-0.3, -0.25) is 0 Å². The Hall–Kier alpha value is -1.35. The Kier molecular flexibility index (Phi) is 4.99. The molecule has 1 aromatic carbocycles. The van der Waals surface area contributed by atoms with Crippen molar-refractivity contribution in [3.8, 4) is 0 Å². The Balaban J connectivity index is 2.41. The summed E-state index contributed by atoms with van der Waals surface area (Å²) in [7, 11) is 1.65. The molecule has 0 aromatic heterocycles. The van der Waals surface area contributed by atoms with Crippen molar-refractivity contribution >= 4 is 5.97 Å². The first-order valence-corrected chi connectivity index (χ1v) is 5.40. The van der Waals surface area contributed by atoms with E-state index in [1.54, 1.807) is 13.2 Å². The van der Waals surface area contributed by atoms with Crippen LogP contribution in [-0.2, 0) is 9.47 Å². The molecule has 1 rings (SSSR count). The fraction of sp³-hybridized carbons (Fsp3) is 0.462. The number of ether oxygens (including phenoxy) is 2. The minimum absolute atomic E-state index is 0.116. The molecule has 0 N–H and O–H groups in total. The zero-order valence-electron chi connectivity index (χ0n) is 10.0. The number of methoxy groups -OCH3 is 1. The molecule has 0 aliphatic heterocycles. The SMILES string of the molecule is CO[C@@H](C)CCOC(=O)c1cccc(C)c1. The molecular weight excluding hydrogens is 204 g/mol. The van der Waals surface area contributed by atoms with Gasteiger partial charge in [-0.1, -0.05) is 17.7 Å². The van der Waals surface area contributed by atoms with Crippen LogP contribution in [0.1, 0.15) is 29.3 Å². The van der Waals surface area contributed by atoms with Crippen molar-refractivity contribution in [1.29, 1.82) is 0 Å². The number of carbonyl (C=O) groups is 1. The normalized spacial score (nSPS) is 12.2. The molecule has 0 aliphatic rings. The van der Waals surface area contributed by atoms with Crippen LogP contribution in [0.15, 0.2) is 24.3 Å². The Labute approximate surface area is 96.4 Å². The van der Waals surface area contributed by atoms with E-state index in [2.05, 4.69) is 0 Å². The predicted molar refractivity (Wildman–Crippen MR) is 62.5 cm³/mol. The second-order valence-corrected chi connectivity index (χ2v) is 3.84. The number of rotatable bonds is 5. The van der Waals surface area contributed by atoms with E-state index in [0.29, 0.717) is 18.6 Å². The number of benzene rings is 1. The molecule has 3 heteroatoms. The molecule has 0 radical (unpaired) electrons. The Morgan fingerprint density at radius 1 is 1.44 bits per heavy atom. The van der Waals surface area contributed by atoms with Gasteiger partial charge in [-0.15, -0.1) is 0 Å².